The first-order chi connectivity index (χ1) is 9.69. The fraction of sp³-hybridized carbons (Fsp3) is 0.765. The Labute approximate surface area is 123 Å². The maximum Gasteiger partial charge on any atom is 0.118 e. The third-order valence-corrected chi connectivity index (χ3v) is 4.25. The standard InChI is InChI=1S/C17H30N2O/c1-4-16-8-6-5-7-9-19(16)12-17-10-15(13-20-17)11-18-14(2)3/h10,13-14,16,18H,4-9,11-12H2,1-3H3. The van der Waals surface area contributed by atoms with Crippen molar-refractivity contribution in [1.29, 1.82) is 0 Å². The quantitative estimate of drug-likeness (QED) is 0.854. The van der Waals surface area contributed by atoms with Crippen molar-refractivity contribution in [2.45, 2.75) is 78.0 Å². The van der Waals surface area contributed by atoms with Crippen molar-refractivity contribution in [1.82, 2.24) is 10.2 Å². The summed E-state index contributed by atoms with van der Waals surface area (Å²) in [5.41, 5.74) is 1.26. The summed E-state index contributed by atoms with van der Waals surface area (Å²) in [5, 5.41) is 3.44. The highest BCUT2D eigenvalue weighted by Gasteiger charge is 2.20. The highest BCUT2D eigenvalue weighted by atomic mass is 16.3. The largest absolute Gasteiger partial charge is 0.468 e. The van der Waals surface area contributed by atoms with Crippen LogP contribution in [0.5, 0.6) is 0 Å². The SMILES string of the molecule is CCC1CCCCCN1Cc1cc(CNC(C)C)co1. The van der Waals surface area contributed by atoms with Crippen molar-refractivity contribution in [3.05, 3.63) is 23.7 Å². The van der Waals surface area contributed by atoms with Gasteiger partial charge in [-0.3, -0.25) is 4.90 Å². The molecule has 1 aliphatic rings. The van der Waals surface area contributed by atoms with Crippen molar-refractivity contribution in [3.8, 4) is 0 Å². The van der Waals surface area contributed by atoms with Crippen LogP contribution in [0.3, 0.4) is 0 Å². The maximum atomic E-state index is 5.75. The smallest absolute Gasteiger partial charge is 0.118 e. The molecule has 1 fully saturated rings. The van der Waals surface area contributed by atoms with E-state index in [0.717, 1.165) is 24.9 Å². The van der Waals surface area contributed by atoms with Crippen molar-refractivity contribution in [3.63, 3.8) is 0 Å². The van der Waals surface area contributed by atoms with Gasteiger partial charge in [0.1, 0.15) is 5.76 Å². The Morgan fingerprint density at radius 2 is 2.20 bits per heavy atom. The van der Waals surface area contributed by atoms with E-state index in [4.69, 9.17) is 4.42 Å². The number of rotatable bonds is 6. The van der Waals surface area contributed by atoms with Crippen LogP contribution in [0.4, 0.5) is 0 Å². The first kappa shape index (κ1) is 15.6. The van der Waals surface area contributed by atoms with Crippen molar-refractivity contribution < 1.29 is 4.42 Å². The van der Waals surface area contributed by atoms with Crippen LogP contribution in [-0.2, 0) is 13.1 Å². The summed E-state index contributed by atoms with van der Waals surface area (Å²) in [6.45, 7) is 9.74. The van der Waals surface area contributed by atoms with E-state index in [9.17, 15) is 0 Å². The van der Waals surface area contributed by atoms with Gasteiger partial charge in [-0.1, -0.05) is 33.6 Å². The van der Waals surface area contributed by atoms with Gasteiger partial charge in [0.05, 0.1) is 12.8 Å². The van der Waals surface area contributed by atoms with E-state index in [1.54, 1.807) is 0 Å². The zero-order chi connectivity index (χ0) is 14.4. The van der Waals surface area contributed by atoms with Crippen LogP contribution in [0.1, 0.15) is 64.2 Å². The fourth-order valence-electron chi connectivity index (χ4n) is 3.03. The second-order valence-electron chi connectivity index (χ2n) is 6.34. The number of nitrogens with zero attached hydrogens (tertiary/aromatic N) is 1. The molecule has 0 aliphatic carbocycles. The Balaban J connectivity index is 1.90. The Bertz CT molecular complexity index is 386. The van der Waals surface area contributed by atoms with E-state index in [2.05, 4.69) is 37.1 Å². The van der Waals surface area contributed by atoms with Crippen molar-refractivity contribution in [2.75, 3.05) is 6.54 Å². The summed E-state index contributed by atoms with van der Waals surface area (Å²) in [6.07, 6.45) is 8.61. The Kier molecular flexibility index (Phi) is 6.11. The molecule has 1 aromatic rings. The van der Waals surface area contributed by atoms with Gasteiger partial charge in [0.25, 0.3) is 0 Å². The molecule has 1 atom stereocenters. The molecule has 1 N–H and O–H groups in total. The summed E-state index contributed by atoms with van der Waals surface area (Å²) in [6, 6.07) is 3.47. The van der Waals surface area contributed by atoms with Gasteiger partial charge in [0.2, 0.25) is 0 Å². The van der Waals surface area contributed by atoms with Crippen LogP contribution in [0.25, 0.3) is 0 Å². The minimum Gasteiger partial charge on any atom is -0.468 e. The van der Waals surface area contributed by atoms with Gasteiger partial charge >= 0.3 is 0 Å². The molecule has 3 nitrogen and oxygen atoms in total. The molecule has 0 amide bonds. The van der Waals surface area contributed by atoms with E-state index in [0.29, 0.717) is 6.04 Å². The number of hydrogen-bond donors (Lipinski definition) is 1. The topological polar surface area (TPSA) is 28.4 Å². The van der Waals surface area contributed by atoms with Gasteiger partial charge in [0, 0.05) is 24.2 Å². The summed E-state index contributed by atoms with van der Waals surface area (Å²) in [4.78, 5) is 2.62. The molecule has 114 valence electrons. The van der Waals surface area contributed by atoms with Gasteiger partial charge in [-0.05, 0) is 31.9 Å². The summed E-state index contributed by atoms with van der Waals surface area (Å²) < 4.78 is 5.75. The van der Waals surface area contributed by atoms with Crippen LogP contribution in [0, 0.1) is 0 Å². The molecule has 0 spiro atoms. The summed E-state index contributed by atoms with van der Waals surface area (Å²) >= 11 is 0. The minimum atomic E-state index is 0.517. The van der Waals surface area contributed by atoms with Gasteiger partial charge < -0.3 is 9.73 Å². The summed E-state index contributed by atoms with van der Waals surface area (Å²) in [5.74, 6) is 1.12. The first-order valence-electron chi connectivity index (χ1n) is 8.22. The predicted molar refractivity (Wildman–Crippen MR) is 83.6 cm³/mol. The molecule has 2 rings (SSSR count). The zero-order valence-electron chi connectivity index (χ0n) is 13.3. The normalized spacial score (nSPS) is 21.3. The fourth-order valence-corrected chi connectivity index (χ4v) is 3.03. The average Bonchev–Trinajstić information content (AvgIpc) is 2.75. The number of likely N-dealkylation sites (tertiary alicyclic amines) is 1. The monoisotopic (exact) mass is 278 g/mol. The molecule has 1 unspecified atom stereocenters. The maximum absolute atomic E-state index is 5.75. The lowest BCUT2D eigenvalue weighted by atomic mass is 10.1. The highest BCUT2D eigenvalue weighted by Crippen LogP contribution is 2.22. The van der Waals surface area contributed by atoms with E-state index >= 15 is 0 Å². The number of hydrogen-bond acceptors (Lipinski definition) is 3. The van der Waals surface area contributed by atoms with Gasteiger partial charge in [-0.2, -0.15) is 0 Å². The molecule has 3 heteroatoms. The van der Waals surface area contributed by atoms with Gasteiger partial charge in [0.15, 0.2) is 0 Å². The molecule has 1 aromatic heterocycles. The van der Waals surface area contributed by atoms with E-state index in [1.807, 2.05) is 6.26 Å². The second-order valence-corrected chi connectivity index (χ2v) is 6.34. The van der Waals surface area contributed by atoms with Crippen LogP contribution < -0.4 is 5.32 Å². The molecule has 20 heavy (non-hydrogen) atoms. The molecular weight excluding hydrogens is 248 g/mol. The number of furan rings is 1. The predicted octanol–water partition coefficient (Wildman–Crippen LogP) is 3.93. The Morgan fingerprint density at radius 3 is 2.95 bits per heavy atom. The highest BCUT2D eigenvalue weighted by molar-refractivity contribution is 5.13. The Hall–Kier alpha value is -0.800. The molecule has 1 saturated heterocycles. The molecule has 0 radical (unpaired) electrons. The third-order valence-electron chi connectivity index (χ3n) is 4.25. The molecule has 1 aliphatic heterocycles. The molecule has 0 saturated carbocycles. The lowest BCUT2D eigenvalue weighted by Gasteiger charge is -2.28. The van der Waals surface area contributed by atoms with E-state index < -0.39 is 0 Å². The van der Waals surface area contributed by atoms with Gasteiger partial charge in [-0.25, -0.2) is 0 Å². The van der Waals surface area contributed by atoms with Crippen LogP contribution in [0.2, 0.25) is 0 Å². The summed E-state index contributed by atoms with van der Waals surface area (Å²) in [7, 11) is 0. The van der Waals surface area contributed by atoms with Crippen LogP contribution in [-0.4, -0.2) is 23.5 Å². The van der Waals surface area contributed by atoms with E-state index in [-0.39, 0.29) is 0 Å². The molecule has 2 heterocycles. The third kappa shape index (κ3) is 4.64. The van der Waals surface area contributed by atoms with Crippen LogP contribution >= 0.6 is 0 Å². The van der Waals surface area contributed by atoms with Crippen molar-refractivity contribution >= 4 is 0 Å². The Morgan fingerprint density at radius 1 is 1.35 bits per heavy atom. The van der Waals surface area contributed by atoms with Gasteiger partial charge in [-0.15, -0.1) is 0 Å². The van der Waals surface area contributed by atoms with Crippen LogP contribution in [0.15, 0.2) is 16.7 Å². The number of nitrogens with one attached hydrogen (secondary N) is 1. The average molecular weight is 278 g/mol. The lowest BCUT2D eigenvalue weighted by Crippen LogP contribution is -2.33. The lowest BCUT2D eigenvalue weighted by molar-refractivity contribution is 0.172. The van der Waals surface area contributed by atoms with Crippen molar-refractivity contribution in [2.24, 2.45) is 0 Å². The van der Waals surface area contributed by atoms with E-state index in [1.165, 1.54) is 44.2 Å². The zero-order valence-corrected chi connectivity index (χ0v) is 13.3. The molecule has 0 bridgehead atoms. The second kappa shape index (κ2) is 7.84. The minimum absolute atomic E-state index is 0.517. The molecular formula is C17H30N2O. The molecule has 0 aromatic carbocycles. The first-order valence-corrected chi connectivity index (χ1v) is 8.22.